The molecule has 0 aromatic rings. The fraction of sp³-hybridized carbons (Fsp3) is 0.529. The number of ketones is 1. The zero-order valence-corrected chi connectivity index (χ0v) is 20.2. The van der Waals surface area contributed by atoms with Gasteiger partial charge >= 0.3 is 65.1 Å². The summed E-state index contributed by atoms with van der Waals surface area (Å²) in [6.45, 7) is 9.05. The van der Waals surface area contributed by atoms with Crippen molar-refractivity contribution in [3.05, 3.63) is 35.3 Å². The number of hydrogen-bond donors (Lipinski definition) is 1. The van der Waals surface area contributed by atoms with Gasteiger partial charge < -0.3 is 11.3 Å². The smallest absolute Gasteiger partial charge is 1.00 e. The Hall–Kier alpha value is -0.0800. The van der Waals surface area contributed by atoms with Crippen molar-refractivity contribution in [2.24, 2.45) is 5.41 Å². The molecule has 0 aromatic carbocycles. The van der Waals surface area contributed by atoms with Crippen LogP contribution in [-0.2, 0) is 19.2 Å². The third-order valence-electron chi connectivity index (χ3n) is 3.60. The quantitative estimate of drug-likeness (QED) is 0.122. The molecule has 1 aliphatic rings. The minimum absolute atomic E-state index is 0. The van der Waals surface area contributed by atoms with Crippen LogP contribution in [0.25, 0.3) is 0 Å². The maximum Gasteiger partial charge on any atom is 1.00 e. The van der Waals surface area contributed by atoms with E-state index in [4.69, 9.17) is 9.57 Å². The number of methoxy groups -OCH3 is 1. The predicted molar refractivity (Wildman–Crippen MR) is 84.8 cm³/mol. The number of esters is 1. The second-order valence-electron chi connectivity index (χ2n) is 5.98. The third-order valence-corrected chi connectivity index (χ3v) is 3.60. The van der Waals surface area contributed by atoms with Gasteiger partial charge in [-0.1, -0.05) is 39.0 Å². The van der Waals surface area contributed by atoms with Gasteiger partial charge in [-0.05, 0) is 6.42 Å². The summed E-state index contributed by atoms with van der Waals surface area (Å²) in [7, 11) is 1.22. The third kappa shape index (κ3) is 6.86. The van der Waals surface area contributed by atoms with Gasteiger partial charge in [0.15, 0.2) is 5.78 Å². The average Bonchev–Trinajstić information content (AvgIpc) is 2.45. The fourth-order valence-electron chi connectivity index (χ4n) is 2.58. The number of allylic oxidation sites excluding steroid dienone is 2. The van der Waals surface area contributed by atoms with E-state index in [1.807, 2.05) is 6.92 Å². The van der Waals surface area contributed by atoms with Gasteiger partial charge in [0.2, 0.25) is 0 Å². The molecule has 0 fully saturated rings. The number of ether oxygens (including phenoxy) is 1. The van der Waals surface area contributed by atoms with Crippen LogP contribution < -0.4 is 69.7 Å². The Morgan fingerprint density at radius 3 is 2.52 bits per heavy atom. The van der Waals surface area contributed by atoms with Gasteiger partial charge in [0.05, 0.1) is 13.7 Å². The van der Waals surface area contributed by atoms with Gasteiger partial charge in [-0.3, -0.25) is 15.1 Å². The molecule has 0 aromatic heterocycles. The van der Waals surface area contributed by atoms with Gasteiger partial charge in [-0.15, -0.1) is 6.58 Å². The Balaban J connectivity index is -0.00000176. The first-order valence-electron chi connectivity index (χ1n) is 7.55. The molecule has 130 valence electrons. The standard InChI is InChI=1S/C17H25NO5.2Na.H/c1-6-8-11(18-23-9-7-2)13-12(19)10-17(3,4)14(15(13)20)16(21)22-5;;;/h7,18,20H,2,6,8-10H2,1,3-5H3;;;/q;2*+1;-1/p-1/b13-11+;;;. The molecule has 0 saturated heterocycles. The first kappa shape index (κ1) is 27.1. The van der Waals surface area contributed by atoms with Gasteiger partial charge in [0.1, 0.15) is 0 Å². The van der Waals surface area contributed by atoms with E-state index in [2.05, 4.69) is 12.1 Å². The molecule has 0 unspecified atom stereocenters. The maximum atomic E-state index is 12.8. The van der Waals surface area contributed by atoms with Gasteiger partial charge in [0.25, 0.3) is 0 Å². The van der Waals surface area contributed by atoms with Crippen LogP contribution in [0.5, 0.6) is 0 Å². The molecule has 0 amide bonds. The zero-order chi connectivity index (χ0) is 17.6. The Labute approximate surface area is 195 Å². The maximum absolute atomic E-state index is 12.8. The number of hydrogen-bond acceptors (Lipinski definition) is 6. The fourth-order valence-corrected chi connectivity index (χ4v) is 2.58. The minimum Gasteiger partial charge on any atom is -1.00 e. The molecule has 6 nitrogen and oxygen atoms in total. The Bertz CT molecular complexity index is 574. The molecule has 25 heavy (non-hydrogen) atoms. The van der Waals surface area contributed by atoms with Gasteiger partial charge in [-0.25, -0.2) is 4.79 Å². The summed E-state index contributed by atoms with van der Waals surface area (Å²) in [4.78, 5) is 29.6. The Morgan fingerprint density at radius 1 is 1.44 bits per heavy atom. The molecule has 1 aliphatic carbocycles. The second-order valence-corrected chi connectivity index (χ2v) is 5.98. The van der Waals surface area contributed by atoms with E-state index >= 15 is 0 Å². The summed E-state index contributed by atoms with van der Waals surface area (Å²) in [5.74, 6) is -1.59. The zero-order valence-electron chi connectivity index (χ0n) is 17.2. The Kier molecular flexibility index (Phi) is 13.4. The van der Waals surface area contributed by atoms with Crippen molar-refractivity contribution in [3.8, 4) is 0 Å². The van der Waals surface area contributed by atoms with Crippen molar-refractivity contribution in [2.75, 3.05) is 13.7 Å². The molecular formula is C17H25NNa2O5. The van der Waals surface area contributed by atoms with Gasteiger partial charge in [0, 0.05) is 28.7 Å². The van der Waals surface area contributed by atoms with Crippen molar-refractivity contribution in [3.63, 3.8) is 0 Å². The predicted octanol–water partition coefficient (Wildman–Crippen LogP) is -4.35. The second kappa shape index (κ2) is 12.3. The van der Waals surface area contributed by atoms with Crippen LogP contribution in [0.4, 0.5) is 0 Å². The van der Waals surface area contributed by atoms with Gasteiger partial charge in [-0.2, -0.15) is 0 Å². The summed E-state index contributed by atoms with van der Waals surface area (Å²) >= 11 is 0. The molecule has 8 heteroatoms. The van der Waals surface area contributed by atoms with E-state index in [1.54, 1.807) is 19.9 Å². The first-order chi connectivity index (χ1) is 10.8. The topological polar surface area (TPSA) is 87.7 Å². The summed E-state index contributed by atoms with van der Waals surface area (Å²) in [6, 6.07) is 0. The normalized spacial score (nSPS) is 17.8. The Morgan fingerprint density at radius 2 is 2.04 bits per heavy atom. The van der Waals surface area contributed by atoms with E-state index in [0.29, 0.717) is 18.5 Å². The van der Waals surface area contributed by atoms with E-state index in [0.717, 1.165) is 0 Å². The number of rotatable bonds is 7. The van der Waals surface area contributed by atoms with E-state index < -0.39 is 17.1 Å². The van der Waals surface area contributed by atoms with Crippen LogP contribution in [0.3, 0.4) is 0 Å². The molecule has 0 radical (unpaired) electrons. The van der Waals surface area contributed by atoms with Crippen LogP contribution in [0.1, 0.15) is 41.5 Å². The molecule has 0 aliphatic heterocycles. The monoisotopic (exact) mass is 369 g/mol. The van der Waals surface area contributed by atoms with Crippen LogP contribution in [-0.4, -0.2) is 25.5 Å². The van der Waals surface area contributed by atoms with E-state index in [-0.39, 0.29) is 90.5 Å². The SMILES string of the molecule is C=CCON/C(CCC)=C1\C(=O)CC(C)(C)C(C(=O)OC)=C1[O-].[H-].[Na+].[Na+]. The molecule has 0 atom stereocenters. The first-order valence-corrected chi connectivity index (χ1v) is 7.55. The van der Waals surface area contributed by atoms with E-state index in [1.165, 1.54) is 7.11 Å². The van der Waals surface area contributed by atoms with E-state index in [9.17, 15) is 14.7 Å². The summed E-state index contributed by atoms with van der Waals surface area (Å²) in [5.41, 5.74) is 2.17. The van der Waals surface area contributed by atoms with Crippen molar-refractivity contribution in [2.45, 2.75) is 40.0 Å². The number of carbonyl (C=O) groups excluding carboxylic acids is 2. The summed E-state index contributed by atoms with van der Waals surface area (Å²) < 4.78 is 4.72. The molecular weight excluding hydrogens is 344 g/mol. The largest absolute Gasteiger partial charge is 1.00 e. The number of carbonyl (C=O) groups is 2. The minimum atomic E-state index is -0.857. The van der Waals surface area contributed by atoms with Crippen LogP contribution in [0.15, 0.2) is 35.3 Å². The summed E-state index contributed by atoms with van der Waals surface area (Å²) in [5, 5.41) is 12.8. The van der Waals surface area contributed by atoms with Crippen molar-refractivity contribution < 1.29 is 84.8 Å². The molecule has 1 rings (SSSR count). The number of hydroxylamine groups is 1. The number of nitrogens with one attached hydrogen (secondary N) is 1. The van der Waals surface area contributed by atoms with Crippen molar-refractivity contribution in [1.82, 2.24) is 5.48 Å². The molecule has 0 spiro atoms. The average molecular weight is 369 g/mol. The van der Waals surface area contributed by atoms with Crippen molar-refractivity contribution in [1.29, 1.82) is 0 Å². The van der Waals surface area contributed by atoms with Crippen LogP contribution in [0, 0.1) is 5.41 Å². The molecule has 0 bridgehead atoms. The van der Waals surface area contributed by atoms with Crippen LogP contribution >= 0.6 is 0 Å². The van der Waals surface area contributed by atoms with Crippen molar-refractivity contribution >= 4 is 11.8 Å². The van der Waals surface area contributed by atoms with Crippen LogP contribution in [0.2, 0.25) is 0 Å². The molecule has 1 N–H and O–H groups in total. The number of Topliss-reactive ketones (excluding diaryl/α,β-unsaturated/α-hetero) is 1. The molecule has 0 heterocycles. The molecule has 0 saturated carbocycles. The summed E-state index contributed by atoms with van der Waals surface area (Å²) in [6.07, 6.45) is 2.77.